The molecule has 82 valence electrons. The molecule has 0 unspecified atom stereocenters. The lowest BCUT2D eigenvalue weighted by Gasteiger charge is -2.08. The molecule has 0 aliphatic heterocycles. The van der Waals surface area contributed by atoms with Gasteiger partial charge in [-0.2, -0.15) is 0 Å². The van der Waals surface area contributed by atoms with Gasteiger partial charge in [0.2, 0.25) is 0 Å². The maximum absolute atomic E-state index is 5.59. The molecule has 0 spiro atoms. The van der Waals surface area contributed by atoms with Crippen LogP contribution in [0.2, 0.25) is 0 Å². The van der Waals surface area contributed by atoms with E-state index >= 15 is 0 Å². The van der Waals surface area contributed by atoms with Crippen molar-refractivity contribution in [3.63, 3.8) is 0 Å². The summed E-state index contributed by atoms with van der Waals surface area (Å²) in [5, 5.41) is 0. The van der Waals surface area contributed by atoms with Gasteiger partial charge in [-0.25, -0.2) is 0 Å². The zero-order valence-electron chi connectivity index (χ0n) is 9.20. The summed E-state index contributed by atoms with van der Waals surface area (Å²) in [6, 6.07) is 14.7. The zero-order valence-corrected chi connectivity index (χ0v) is 10.8. The Labute approximate surface area is 104 Å². The molecule has 2 aromatic rings. The maximum Gasteiger partial charge on any atom is 0.0210 e. The van der Waals surface area contributed by atoms with Crippen LogP contribution in [0.25, 0.3) is 11.1 Å². The second-order valence-corrected chi connectivity index (χ2v) is 4.67. The summed E-state index contributed by atoms with van der Waals surface area (Å²) in [6.07, 6.45) is 0. The molecular weight excluding hydrogens is 262 g/mol. The highest BCUT2D eigenvalue weighted by molar-refractivity contribution is 9.10. The van der Waals surface area contributed by atoms with Crippen LogP contribution in [0, 0.1) is 6.92 Å². The first-order chi connectivity index (χ1) is 7.72. The van der Waals surface area contributed by atoms with Crippen LogP contribution in [0.4, 0.5) is 0 Å². The van der Waals surface area contributed by atoms with Crippen molar-refractivity contribution in [3.8, 4) is 11.1 Å². The predicted octanol–water partition coefficient (Wildman–Crippen LogP) is 3.88. The van der Waals surface area contributed by atoms with E-state index in [2.05, 4.69) is 65.3 Å². The topological polar surface area (TPSA) is 26.0 Å². The van der Waals surface area contributed by atoms with Crippen molar-refractivity contribution < 1.29 is 0 Å². The van der Waals surface area contributed by atoms with Crippen molar-refractivity contribution >= 4 is 15.9 Å². The van der Waals surface area contributed by atoms with Gasteiger partial charge >= 0.3 is 0 Å². The molecule has 0 aromatic heterocycles. The second kappa shape index (κ2) is 4.81. The lowest BCUT2D eigenvalue weighted by atomic mass is 10.00. The first-order valence-corrected chi connectivity index (χ1v) is 6.06. The number of benzene rings is 2. The van der Waals surface area contributed by atoms with Gasteiger partial charge in [0.05, 0.1) is 0 Å². The van der Waals surface area contributed by atoms with Crippen LogP contribution in [0.5, 0.6) is 0 Å². The van der Waals surface area contributed by atoms with Crippen molar-refractivity contribution in [2.24, 2.45) is 5.73 Å². The number of nitrogens with two attached hydrogens (primary N) is 1. The van der Waals surface area contributed by atoms with Gasteiger partial charge in [0.1, 0.15) is 0 Å². The van der Waals surface area contributed by atoms with Gasteiger partial charge in [0.15, 0.2) is 0 Å². The number of rotatable bonds is 2. The Kier molecular flexibility index (Phi) is 3.42. The van der Waals surface area contributed by atoms with E-state index < -0.39 is 0 Å². The van der Waals surface area contributed by atoms with Crippen LogP contribution in [0.3, 0.4) is 0 Å². The third-order valence-corrected chi connectivity index (χ3v) is 3.63. The van der Waals surface area contributed by atoms with Crippen LogP contribution >= 0.6 is 15.9 Å². The Morgan fingerprint density at radius 3 is 2.38 bits per heavy atom. The summed E-state index contributed by atoms with van der Waals surface area (Å²) in [5.41, 5.74) is 10.5. The summed E-state index contributed by atoms with van der Waals surface area (Å²) in [5.74, 6) is 0. The van der Waals surface area contributed by atoms with Crippen molar-refractivity contribution in [2.75, 3.05) is 0 Å². The molecule has 2 N–H and O–H groups in total. The standard InChI is InChI=1S/C14H14BrN/c1-10-13(3-2-4-14(10)15)12-7-5-11(9-16)6-8-12/h2-8H,9,16H2,1H3. The molecule has 2 heteroatoms. The Morgan fingerprint density at radius 1 is 1.06 bits per heavy atom. The Morgan fingerprint density at radius 2 is 1.75 bits per heavy atom. The highest BCUT2D eigenvalue weighted by Crippen LogP contribution is 2.28. The molecule has 0 aliphatic carbocycles. The fraction of sp³-hybridized carbons (Fsp3) is 0.143. The quantitative estimate of drug-likeness (QED) is 0.885. The van der Waals surface area contributed by atoms with Crippen molar-refractivity contribution in [1.82, 2.24) is 0 Å². The van der Waals surface area contributed by atoms with Crippen LogP contribution in [0.15, 0.2) is 46.9 Å². The summed E-state index contributed by atoms with van der Waals surface area (Å²) in [7, 11) is 0. The van der Waals surface area contributed by atoms with Gasteiger partial charge in [-0.05, 0) is 35.2 Å². The van der Waals surface area contributed by atoms with Gasteiger partial charge in [-0.1, -0.05) is 52.3 Å². The smallest absolute Gasteiger partial charge is 0.0210 e. The van der Waals surface area contributed by atoms with Gasteiger partial charge in [0, 0.05) is 11.0 Å². The lowest BCUT2D eigenvalue weighted by molar-refractivity contribution is 1.07. The van der Waals surface area contributed by atoms with Crippen LogP contribution in [-0.2, 0) is 6.54 Å². The number of hydrogen-bond donors (Lipinski definition) is 1. The SMILES string of the molecule is Cc1c(Br)cccc1-c1ccc(CN)cc1. The summed E-state index contributed by atoms with van der Waals surface area (Å²) < 4.78 is 1.15. The molecule has 1 nitrogen and oxygen atoms in total. The van der Waals surface area contributed by atoms with E-state index in [4.69, 9.17) is 5.73 Å². The molecule has 0 fully saturated rings. The largest absolute Gasteiger partial charge is 0.326 e. The van der Waals surface area contributed by atoms with Crippen molar-refractivity contribution in [3.05, 3.63) is 58.1 Å². The minimum Gasteiger partial charge on any atom is -0.326 e. The molecular formula is C14H14BrN. The molecule has 0 bridgehead atoms. The molecule has 0 heterocycles. The highest BCUT2D eigenvalue weighted by Gasteiger charge is 2.03. The third kappa shape index (κ3) is 2.18. The monoisotopic (exact) mass is 275 g/mol. The molecule has 2 aromatic carbocycles. The predicted molar refractivity (Wildman–Crippen MR) is 72.2 cm³/mol. The molecule has 0 atom stereocenters. The van der Waals surface area contributed by atoms with Crippen molar-refractivity contribution in [2.45, 2.75) is 13.5 Å². The minimum atomic E-state index is 0.595. The van der Waals surface area contributed by atoms with Crippen molar-refractivity contribution in [1.29, 1.82) is 0 Å². The normalized spacial score (nSPS) is 10.4. The number of halogens is 1. The van der Waals surface area contributed by atoms with Gasteiger partial charge < -0.3 is 5.73 Å². The molecule has 2 rings (SSSR count). The lowest BCUT2D eigenvalue weighted by Crippen LogP contribution is -1.95. The van der Waals surface area contributed by atoms with E-state index in [-0.39, 0.29) is 0 Å². The van der Waals surface area contributed by atoms with E-state index in [1.54, 1.807) is 0 Å². The fourth-order valence-electron chi connectivity index (χ4n) is 1.74. The van der Waals surface area contributed by atoms with Gasteiger partial charge in [-0.3, -0.25) is 0 Å². The van der Waals surface area contributed by atoms with E-state index in [1.807, 2.05) is 0 Å². The van der Waals surface area contributed by atoms with Crippen LogP contribution < -0.4 is 5.73 Å². The second-order valence-electron chi connectivity index (χ2n) is 3.81. The fourth-order valence-corrected chi connectivity index (χ4v) is 2.11. The molecule has 0 radical (unpaired) electrons. The summed E-state index contributed by atoms with van der Waals surface area (Å²) >= 11 is 3.55. The van der Waals surface area contributed by atoms with E-state index in [9.17, 15) is 0 Å². The highest BCUT2D eigenvalue weighted by atomic mass is 79.9. The van der Waals surface area contributed by atoms with Gasteiger partial charge in [0.25, 0.3) is 0 Å². The van der Waals surface area contributed by atoms with E-state index in [0.29, 0.717) is 6.54 Å². The third-order valence-electron chi connectivity index (χ3n) is 2.77. The molecule has 16 heavy (non-hydrogen) atoms. The Balaban J connectivity index is 2.46. The van der Waals surface area contributed by atoms with Gasteiger partial charge in [-0.15, -0.1) is 0 Å². The summed E-state index contributed by atoms with van der Waals surface area (Å²) in [6.45, 7) is 2.72. The van der Waals surface area contributed by atoms with Crippen LogP contribution in [0.1, 0.15) is 11.1 Å². The first-order valence-electron chi connectivity index (χ1n) is 5.27. The van der Waals surface area contributed by atoms with Crippen LogP contribution in [-0.4, -0.2) is 0 Å². The Hall–Kier alpha value is -1.12. The molecule has 0 amide bonds. The molecule has 0 saturated carbocycles. The first kappa shape index (κ1) is 11.4. The average Bonchev–Trinajstić information content (AvgIpc) is 2.33. The molecule has 0 aliphatic rings. The average molecular weight is 276 g/mol. The summed E-state index contributed by atoms with van der Waals surface area (Å²) in [4.78, 5) is 0. The molecule has 0 saturated heterocycles. The van der Waals surface area contributed by atoms with E-state index in [1.165, 1.54) is 16.7 Å². The zero-order chi connectivity index (χ0) is 11.5. The Bertz CT molecular complexity index is 489. The number of hydrogen-bond acceptors (Lipinski definition) is 1. The van der Waals surface area contributed by atoms with E-state index in [0.717, 1.165) is 10.0 Å². The minimum absolute atomic E-state index is 0.595. The maximum atomic E-state index is 5.59.